The van der Waals surface area contributed by atoms with Crippen LogP contribution in [0.1, 0.15) is 91.4 Å². The van der Waals surface area contributed by atoms with Crippen LogP contribution in [0.25, 0.3) is 0 Å². The van der Waals surface area contributed by atoms with Gasteiger partial charge in [0.1, 0.15) is 0 Å². The first kappa shape index (κ1) is 21.9. The number of fused-ring (bicyclic) bond motifs is 5. The average Bonchev–Trinajstić information content (AvgIpc) is 2.70. The van der Waals surface area contributed by atoms with E-state index in [4.69, 9.17) is 10.5 Å². The Labute approximate surface area is 180 Å². The lowest BCUT2D eigenvalue weighted by Gasteiger charge is -2.64. The Balaban J connectivity index is 1.56. The highest BCUT2D eigenvalue weighted by atomic mass is 16.5. The summed E-state index contributed by atoms with van der Waals surface area (Å²) in [6, 6.07) is 0.358. The fourth-order valence-electron chi connectivity index (χ4n) is 9.35. The minimum atomic E-state index is 0.358. The van der Waals surface area contributed by atoms with Crippen molar-refractivity contribution >= 4 is 0 Å². The van der Waals surface area contributed by atoms with Gasteiger partial charge in [-0.1, -0.05) is 19.4 Å². The van der Waals surface area contributed by atoms with Gasteiger partial charge < -0.3 is 10.5 Å². The van der Waals surface area contributed by atoms with E-state index in [2.05, 4.69) is 33.4 Å². The fraction of sp³-hybridized carbons (Fsp3) is 0.926. The molecule has 0 saturated heterocycles. The molecular weight excluding hydrogens is 354 g/mol. The monoisotopic (exact) mass is 401 g/mol. The molecule has 0 aromatic heterocycles. The summed E-state index contributed by atoms with van der Waals surface area (Å²) in [4.78, 5) is 0. The summed E-state index contributed by atoms with van der Waals surface area (Å²) in [5, 5.41) is 0. The molecule has 0 heterocycles. The van der Waals surface area contributed by atoms with Crippen LogP contribution in [0.15, 0.2) is 12.7 Å². The molecular formula is C27H47NO. The molecule has 166 valence electrons. The molecule has 0 bridgehead atoms. The first-order valence-electron chi connectivity index (χ1n) is 12.9. The molecule has 0 radical (unpaired) electrons. The smallest absolute Gasteiger partial charge is 0.0494 e. The van der Waals surface area contributed by atoms with Crippen LogP contribution < -0.4 is 5.73 Å². The zero-order valence-corrected chi connectivity index (χ0v) is 19.5. The van der Waals surface area contributed by atoms with E-state index in [0.717, 1.165) is 48.7 Å². The summed E-state index contributed by atoms with van der Waals surface area (Å²) in [6.07, 6.45) is 17.7. The van der Waals surface area contributed by atoms with Crippen LogP contribution >= 0.6 is 0 Å². The van der Waals surface area contributed by atoms with Gasteiger partial charge >= 0.3 is 0 Å². The van der Waals surface area contributed by atoms with Gasteiger partial charge in [0.25, 0.3) is 0 Å². The zero-order chi connectivity index (χ0) is 20.6. The van der Waals surface area contributed by atoms with Crippen LogP contribution in [0.3, 0.4) is 0 Å². The van der Waals surface area contributed by atoms with E-state index in [0.29, 0.717) is 16.9 Å². The SMILES string of the molecule is C=CCC12CC[C@@H]3C(CC[C@@]4(C)C3CCC[C@@H]4C(C)N)C1CC[C@H](COCC)C2. The maximum atomic E-state index is 6.53. The molecule has 4 rings (SSSR count). The largest absolute Gasteiger partial charge is 0.381 e. The predicted molar refractivity (Wildman–Crippen MR) is 123 cm³/mol. The number of hydrogen-bond acceptors (Lipinski definition) is 2. The van der Waals surface area contributed by atoms with Gasteiger partial charge in [0.15, 0.2) is 0 Å². The summed E-state index contributed by atoms with van der Waals surface area (Å²) >= 11 is 0. The zero-order valence-electron chi connectivity index (χ0n) is 19.5. The molecule has 9 atom stereocenters. The van der Waals surface area contributed by atoms with Crippen molar-refractivity contribution in [1.29, 1.82) is 0 Å². The minimum absolute atomic E-state index is 0.358. The van der Waals surface area contributed by atoms with Crippen molar-refractivity contribution in [2.75, 3.05) is 13.2 Å². The minimum Gasteiger partial charge on any atom is -0.381 e. The first-order chi connectivity index (χ1) is 13.9. The Morgan fingerprint density at radius 2 is 1.83 bits per heavy atom. The third-order valence-electron chi connectivity index (χ3n) is 10.4. The maximum absolute atomic E-state index is 6.53. The van der Waals surface area contributed by atoms with Crippen LogP contribution in [0.5, 0.6) is 0 Å². The van der Waals surface area contributed by atoms with Crippen LogP contribution in [0.4, 0.5) is 0 Å². The van der Waals surface area contributed by atoms with Crippen molar-refractivity contribution in [1.82, 2.24) is 0 Å². The predicted octanol–water partition coefficient (Wildman–Crippen LogP) is 6.59. The molecule has 0 aliphatic heterocycles. The molecule has 4 aliphatic rings. The van der Waals surface area contributed by atoms with E-state index in [1.54, 1.807) is 0 Å². The van der Waals surface area contributed by atoms with Gasteiger partial charge in [-0.15, -0.1) is 6.58 Å². The maximum Gasteiger partial charge on any atom is 0.0494 e. The van der Waals surface area contributed by atoms with E-state index in [-0.39, 0.29) is 0 Å². The van der Waals surface area contributed by atoms with Gasteiger partial charge in [-0.25, -0.2) is 0 Å². The molecule has 29 heavy (non-hydrogen) atoms. The number of nitrogens with two attached hydrogens (primary N) is 1. The number of hydrogen-bond donors (Lipinski definition) is 1. The van der Waals surface area contributed by atoms with Crippen LogP contribution in [0, 0.1) is 46.3 Å². The number of rotatable bonds is 6. The summed E-state index contributed by atoms with van der Waals surface area (Å²) in [5.41, 5.74) is 7.54. The highest BCUT2D eigenvalue weighted by Crippen LogP contribution is 2.66. The average molecular weight is 402 g/mol. The topological polar surface area (TPSA) is 35.2 Å². The van der Waals surface area contributed by atoms with Crippen LogP contribution in [-0.4, -0.2) is 19.3 Å². The molecule has 4 saturated carbocycles. The second-order valence-electron chi connectivity index (χ2n) is 11.7. The summed E-state index contributed by atoms with van der Waals surface area (Å²) in [5.74, 6) is 5.28. The van der Waals surface area contributed by atoms with Crippen molar-refractivity contribution in [3.05, 3.63) is 12.7 Å². The molecule has 0 amide bonds. The normalized spacial score (nSPS) is 48.1. The standard InChI is InChI=1S/C27H47NO/c1-5-14-27-16-13-21-22(25(27)11-10-20(17-27)18-29-6-2)12-15-26(4)23(19(3)28)8-7-9-24(21)26/h5,19-25H,1,6-18,28H2,2-4H3/t19?,20-,21+,22?,23+,24?,25?,26+,27?/m0/s1. The Kier molecular flexibility index (Phi) is 6.53. The molecule has 4 fully saturated rings. The summed E-state index contributed by atoms with van der Waals surface area (Å²) < 4.78 is 5.86. The molecule has 2 nitrogen and oxygen atoms in total. The van der Waals surface area contributed by atoms with E-state index in [9.17, 15) is 0 Å². The van der Waals surface area contributed by atoms with E-state index in [1.807, 2.05) is 0 Å². The van der Waals surface area contributed by atoms with E-state index >= 15 is 0 Å². The second kappa shape index (κ2) is 8.65. The first-order valence-corrected chi connectivity index (χ1v) is 12.9. The van der Waals surface area contributed by atoms with Crippen LogP contribution in [-0.2, 0) is 4.74 Å². The quantitative estimate of drug-likeness (QED) is 0.509. The lowest BCUT2D eigenvalue weighted by molar-refractivity contribution is -0.143. The molecule has 0 aromatic carbocycles. The van der Waals surface area contributed by atoms with Gasteiger partial charge in [0.2, 0.25) is 0 Å². The van der Waals surface area contributed by atoms with Crippen LogP contribution in [0.2, 0.25) is 0 Å². The van der Waals surface area contributed by atoms with Gasteiger partial charge in [0.05, 0.1) is 0 Å². The highest BCUT2D eigenvalue weighted by molar-refractivity contribution is 5.09. The van der Waals surface area contributed by atoms with Crippen molar-refractivity contribution in [2.24, 2.45) is 52.1 Å². The Morgan fingerprint density at radius 1 is 1.07 bits per heavy atom. The Bertz CT molecular complexity index is 573. The third-order valence-corrected chi connectivity index (χ3v) is 10.4. The molecule has 0 spiro atoms. The molecule has 2 N–H and O–H groups in total. The van der Waals surface area contributed by atoms with Crippen molar-refractivity contribution in [2.45, 2.75) is 97.4 Å². The Morgan fingerprint density at radius 3 is 2.55 bits per heavy atom. The van der Waals surface area contributed by atoms with Crippen molar-refractivity contribution in [3.8, 4) is 0 Å². The summed E-state index contributed by atoms with van der Waals surface area (Å²) in [6.45, 7) is 13.1. The lowest BCUT2D eigenvalue weighted by atomic mass is 9.41. The number of ether oxygens (including phenoxy) is 1. The fourth-order valence-corrected chi connectivity index (χ4v) is 9.35. The van der Waals surface area contributed by atoms with E-state index in [1.165, 1.54) is 70.6 Å². The van der Waals surface area contributed by atoms with Gasteiger partial charge in [-0.05, 0) is 124 Å². The summed E-state index contributed by atoms with van der Waals surface area (Å²) in [7, 11) is 0. The van der Waals surface area contributed by atoms with Gasteiger partial charge in [-0.3, -0.25) is 0 Å². The van der Waals surface area contributed by atoms with Gasteiger partial charge in [0, 0.05) is 19.3 Å². The van der Waals surface area contributed by atoms with E-state index < -0.39 is 0 Å². The lowest BCUT2D eigenvalue weighted by Crippen LogP contribution is -2.57. The van der Waals surface area contributed by atoms with Crippen molar-refractivity contribution in [3.63, 3.8) is 0 Å². The molecule has 2 heteroatoms. The second-order valence-corrected chi connectivity index (χ2v) is 11.7. The number of allylic oxidation sites excluding steroid dienone is 1. The molecule has 4 aliphatic carbocycles. The van der Waals surface area contributed by atoms with Crippen molar-refractivity contribution < 1.29 is 4.74 Å². The highest BCUT2D eigenvalue weighted by Gasteiger charge is 2.58. The third kappa shape index (κ3) is 3.75. The Hall–Kier alpha value is -0.340. The van der Waals surface area contributed by atoms with Gasteiger partial charge in [-0.2, -0.15) is 0 Å². The molecule has 0 aromatic rings. The molecule has 5 unspecified atom stereocenters.